The molecule has 0 aromatic heterocycles. The zero-order chi connectivity index (χ0) is 22.1. The first-order valence-electron chi connectivity index (χ1n) is 10.0. The standard InChI is InChI=1S/C22H23F3N2O3S/c23-22(24,25)17-5-7-19(8-6-17)31-26-18-9-11-27(12-10-18)20(28)15-1-3-16(4-2-15)21(29)13-30-14-21/h1-8,18,26,29H,9-14H2. The average molecular weight is 452 g/mol. The number of aliphatic hydroxyl groups is 1. The van der Waals surface area contributed by atoms with Crippen molar-refractivity contribution in [1.29, 1.82) is 0 Å². The van der Waals surface area contributed by atoms with Gasteiger partial charge in [0.25, 0.3) is 5.91 Å². The van der Waals surface area contributed by atoms with Crippen molar-refractivity contribution >= 4 is 17.9 Å². The van der Waals surface area contributed by atoms with Crippen molar-refractivity contribution in [2.45, 2.75) is 35.6 Å². The second-order valence-corrected chi connectivity index (χ2v) is 8.82. The average Bonchev–Trinajstić information content (AvgIpc) is 2.76. The van der Waals surface area contributed by atoms with Crippen LogP contribution in [0.1, 0.15) is 34.3 Å². The lowest BCUT2D eigenvalue weighted by Crippen LogP contribution is -2.46. The Kier molecular flexibility index (Phi) is 6.30. The van der Waals surface area contributed by atoms with Gasteiger partial charge >= 0.3 is 6.18 Å². The lowest BCUT2D eigenvalue weighted by molar-refractivity contribution is -0.184. The highest BCUT2D eigenvalue weighted by Gasteiger charge is 2.38. The molecule has 0 atom stereocenters. The second-order valence-electron chi connectivity index (χ2n) is 7.91. The smallest absolute Gasteiger partial charge is 0.380 e. The van der Waals surface area contributed by atoms with Crippen LogP contribution in [0, 0.1) is 0 Å². The highest BCUT2D eigenvalue weighted by molar-refractivity contribution is 7.97. The van der Waals surface area contributed by atoms with Crippen molar-refractivity contribution in [3.63, 3.8) is 0 Å². The van der Waals surface area contributed by atoms with Crippen LogP contribution in [0.5, 0.6) is 0 Å². The summed E-state index contributed by atoms with van der Waals surface area (Å²) in [5.74, 6) is -0.0442. The van der Waals surface area contributed by atoms with E-state index in [9.17, 15) is 23.1 Å². The summed E-state index contributed by atoms with van der Waals surface area (Å²) in [6.45, 7) is 1.74. The predicted molar refractivity (Wildman–Crippen MR) is 111 cm³/mol. The Labute approximate surface area is 182 Å². The van der Waals surface area contributed by atoms with Crippen molar-refractivity contribution in [1.82, 2.24) is 9.62 Å². The molecule has 2 saturated heterocycles. The third kappa shape index (κ3) is 5.06. The fraction of sp³-hybridized carbons (Fsp3) is 0.409. The molecular weight excluding hydrogens is 429 g/mol. The summed E-state index contributed by atoms with van der Waals surface area (Å²) < 4.78 is 46.3. The van der Waals surface area contributed by atoms with Crippen molar-refractivity contribution in [3.05, 3.63) is 65.2 Å². The highest BCUT2D eigenvalue weighted by Crippen LogP contribution is 2.31. The molecule has 2 aromatic rings. The molecule has 0 bridgehead atoms. The van der Waals surface area contributed by atoms with Gasteiger partial charge in [-0.3, -0.25) is 9.52 Å². The van der Waals surface area contributed by atoms with E-state index in [1.54, 1.807) is 29.2 Å². The number of ether oxygens (including phenoxy) is 1. The lowest BCUT2D eigenvalue weighted by Gasteiger charge is -2.37. The Morgan fingerprint density at radius 2 is 1.68 bits per heavy atom. The molecule has 0 radical (unpaired) electrons. The minimum absolute atomic E-state index is 0.0442. The Morgan fingerprint density at radius 1 is 1.06 bits per heavy atom. The largest absolute Gasteiger partial charge is 0.416 e. The molecule has 5 nitrogen and oxygen atoms in total. The Morgan fingerprint density at radius 3 is 2.19 bits per heavy atom. The molecule has 2 aliphatic heterocycles. The minimum atomic E-state index is -4.33. The van der Waals surface area contributed by atoms with E-state index in [0.717, 1.165) is 30.5 Å². The maximum Gasteiger partial charge on any atom is 0.416 e. The highest BCUT2D eigenvalue weighted by atomic mass is 32.2. The molecule has 31 heavy (non-hydrogen) atoms. The Hall–Kier alpha value is -2.07. The van der Waals surface area contributed by atoms with Gasteiger partial charge < -0.3 is 14.7 Å². The molecule has 2 N–H and O–H groups in total. The van der Waals surface area contributed by atoms with Gasteiger partial charge in [-0.1, -0.05) is 12.1 Å². The number of hydrogen-bond acceptors (Lipinski definition) is 5. The third-order valence-corrected chi connectivity index (χ3v) is 6.62. The first kappa shape index (κ1) is 22.1. The molecule has 2 heterocycles. The summed E-state index contributed by atoms with van der Waals surface area (Å²) >= 11 is 1.31. The monoisotopic (exact) mass is 452 g/mol. The normalized spacial score (nSPS) is 19.2. The first-order chi connectivity index (χ1) is 14.7. The topological polar surface area (TPSA) is 61.8 Å². The number of piperidine rings is 1. The Bertz CT molecular complexity index is 907. The molecule has 2 fully saturated rings. The maximum absolute atomic E-state index is 12.8. The van der Waals surface area contributed by atoms with Gasteiger partial charge in [0.2, 0.25) is 0 Å². The fourth-order valence-electron chi connectivity index (χ4n) is 3.63. The molecule has 0 unspecified atom stereocenters. The van der Waals surface area contributed by atoms with E-state index in [-0.39, 0.29) is 25.2 Å². The van der Waals surface area contributed by atoms with Crippen molar-refractivity contribution in [2.24, 2.45) is 0 Å². The zero-order valence-electron chi connectivity index (χ0n) is 16.7. The van der Waals surface area contributed by atoms with Gasteiger partial charge in [0.1, 0.15) is 5.60 Å². The van der Waals surface area contributed by atoms with Crippen LogP contribution < -0.4 is 4.72 Å². The molecule has 1 amide bonds. The van der Waals surface area contributed by atoms with E-state index in [0.29, 0.717) is 23.5 Å². The van der Waals surface area contributed by atoms with Gasteiger partial charge in [0, 0.05) is 29.6 Å². The van der Waals surface area contributed by atoms with Crippen LogP contribution >= 0.6 is 11.9 Å². The van der Waals surface area contributed by atoms with E-state index in [1.165, 1.54) is 24.1 Å². The van der Waals surface area contributed by atoms with Crippen LogP contribution in [-0.4, -0.2) is 48.3 Å². The predicted octanol–water partition coefficient (Wildman–Crippen LogP) is 3.82. The zero-order valence-corrected chi connectivity index (χ0v) is 17.5. The van der Waals surface area contributed by atoms with E-state index < -0.39 is 17.3 Å². The summed E-state index contributed by atoms with van der Waals surface area (Å²) in [4.78, 5) is 15.3. The van der Waals surface area contributed by atoms with Crippen molar-refractivity contribution in [3.8, 4) is 0 Å². The third-order valence-electron chi connectivity index (χ3n) is 5.66. The molecule has 0 aliphatic carbocycles. The first-order valence-corrected chi connectivity index (χ1v) is 10.9. The number of nitrogens with zero attached hydrogens (tertiary/aromatic N) is 1. The van der Waals surface area contributed by atoms with Crippen LogP contribution in [-0.2, 0) is 16.5 Å². The van der Waals surface area contributed by atoms with Crippen molar-refractivity contribution < 1.29 is 27.8 Å². The molecule has 166 valence electrons. The quantitative estimate of drug-likeness (QED) is 0.676. The van der Waals surface area contributed by atoms with Crippen LogP contribution in [0.2, 0.25) is 0 Å². The van der Waals surface area contributed by atoms with Crippen LogP contribution in [0.15, 0.2) is 53.4 Å². The van der Waals surface area contributed by atoms with Crippen molar-refractivity contribution in [2.75, 3.05) is 26.3 Å². The number of carbonyl (C=O) groups excluding carboxylic acids is 1. The number of likely N-dealkylation sites (tertiary alicyclic amines) is 1. The number of benzene rings is 2. The Balaban J connectivity index is 1.25. The van der Waals surface area contributed by atoms with Gasteiger partial charge in [-0.15, -0.1) is 0 Å². The van der Waals surface area contributed by atoms with E-state index in [4.69, 9.17) is 4.74 Å². The molecule has 2 aliphatic rings. The van der Waals surface area contributed by atoms with Gasteiger partial charge in [-0.05, 0) is 66.8 Å². The lowest BCUT2D eigenvalue weighted by atomic mass is 9.91. The molecule has 0 spiro atoms. The summed E-state index contributed by atoms with van der Waals surface area (Å²) in [5, 5.41) is 10.3. The number of alkyl halides is 3. The summed E-state index contributed by atoms with van der Waals surface area (Å²) in [6, 6.07) is 12.2. The van der Waals surface area contributed by atoms with Gasteiger partial charge in [0.05, 0.1) is 18.8 Å². The number of halogens is 3. The minimum Gasteiger partial charge on any atom is -0.380 e. The molecule has 0 saturated carbocycles. The summed E-state index contributed by atoms with van der Waals surface area (Å²) in [5.41, 5.74) is -0.278. The molecule has 9 heteroatoms. The van der Waals surface area contributed by atoms with Gasteiger partial charge in [-0.25, -0.2) is 0 Å². The number of carbonyl (C=O) groups is 1. The van der Waals surface area contributed by atoms with Crippen LogP contribution in [0.3, 0.4) is 0 Å². The number of amides is 1. The molecular formula is C22H23F3N2O3S. The number of nitrogens with one attached hydrogen (secondary N) is 1. The van der Waals surface area contributed by atoms with Crippen LogP contribution in [0.4, 0.5) is 13.2 Å². The summed E-state index contributed by atoms with van der Waals surface area (Å²) in [7, 11) is 0. The maximum atomic E-state index is 12.8. The fourth-order valence-corrected chi connectivity index (χ4v) is 4.44. The number of rotatable bonds is 5. The van der Waals surface area contributed by atoms with Gasteiger partial charge in [-0.2, -0.15) is 13.2 Å². The molecule has 2 aromatic carbocycles. The van der Waals surface area contributed by atoms with Crippen LogP contribution in [0.25, 0.3) is 0 Å². The number of hydrogen-bond donors (Lipinski definition) is 2. The van der Waals surface area contributed by atoms with E-state index in [1.807, 2.05) is 0 Å². The van der Waals surface area contributed by atoms with E-state index >= 15 is 0 Å². The SMILES string of the molecule is O=C(c1ccc(C2(O)COC2)cc1)N1CCC(NSc2ccc(C(F)(F)F)cc2)CC1. The van der Waals surface area contributed by atoms with Gasteiger partial charge in [0.15, 0.2) is 0 Å². The second kappa shape index (κ2) is 8.82. The van der Waals surface area contributed by atoms with E-state index in [2.05, 4.69) is 4.72 Å². The summed E-state index contributed by atoms with van der Waals surface area (Å²) in [6.07, 6.45) is -2.81. The molecule has 4 rings (SSSR count).